The normalized spacial score (nSPS) is 10.7. The summed E-state index contributed by atoms with van der Waals surface area (Å²) in [5.74, 6) is 0.332. The number of non-ortho nitro benzene ring substituents is 1. The Hall–Kier alpha value is -3.82. The lowest BCUT2D eigenvalue weighted by Gasteiger charge is -2.06. The molecule has 0 aliphatic heterocycles. The number of carbonyl (C=O) groups is 1. The monoisotopic (exact) mass is 486 g/mol. The Morgan fingerprint density at radius 3 is 2.64 bits per heavy atom. The largest absolute Gasteiger partial charge is 0.484 e. The molecule has 33 heavy (non-hydrogen) atoms. The fraction of sp³-hybridized carbons (Fsp3) is 0.0909. The lowest BCUT2D eigenvalue weighted by Crippen LogP contribution is -2.12. The predicted octanol–water partition coefficient (Wildman–Crippen LogP) is 5.57. The van der Waals surface area contributed by atoms with E-state index in [0.717, 1.165) is 5.56 Å². The Morgan fingerprint density at radius 1 is 1.12 bits per heavy atom. The van der Waals surface area contributed by atoms with E-state index in [2.05, 4.69) is 10.4 Å². The van der Waals surface area contributed by atoms with E-state index in [0.29, 0.717) is 17.3 Å². The summed E-state index contributed by atoms with van der Waals surface area (Å²) in [5.41, 5.74) is 0.896. The summed E-state index contributed by atoms with van der Waals surface area (Å²) in [4.78, 5) is 22.8. The molecule has 1 N–H and O–H groups in total. The van der Waals surface area contributed by atoms with Gasteiger partial charge < -0.3 is 14.5 Å². The van der Waals surface area contributed by atoms with Crippen LogP contribution >= 0.6 is 23.2 Å². The second kappa shape index (κ2) is 9.76. The quantitative estimate of drug-likeness (QED) is 0.257. The van der Waals surface area contributed by atoms with Crippen LogP contribution in [0.5, 0.6) is 5.75 Å². The van der Waals surface area contributed by atoms with Gasteiger partial charge in [-0.15, -0.1) is 0 Å². The number of carbonyl (C=O) groups excluding carboxylic acids is 1. The van der Waals surface area contributed by atoms with Gasteiger partial charge in [-0.3, -0.25) is 19.6 Å². The second-order valence-electron chi connectivity index (χ2n) is 6.89. The first-order valence-electron chi connectivity index (χ1n) is 9.63. The number of ether oxygens (including phenoxy) is 1. The molecule has 4 aromatic rings. The number of nitrogens with one attached hydrogen (secondary N) is 1. The van der Waals surface area contributed by atoms with Gasteiger partial charge in [0.2, 0.25) is 0 Å². The number of hydrogen-bond donors (Lipinski definition) is 1. The van der Waals surface area contributed by atoms with Crippen LogP contribution in [0, 0.1) is 10.1 Å². The van der Waals surface area contributed by atoms with Gasteiger partial charge in [0.05, 0.1) is 16.5 Å². The van der Waals surface area contributed by atoms with Gasteiger partial charge in [-0.05, 0) is 23.8 Å². The van der Waals surface area contributed by atoms with E-state index in [1.807, 2.05) is 30.3 Å². The average molecular weight is 487 g/mol. The highest BCUT2D eigenvalue weighted by Crippen LogP contribution is 2.29. The summed E-state index contributed by atoms with van der Waals surface area (Å²) in [5, 5.41) is 18.1. The van der Waals surface area contributed by atoms with Gasteiger partial charge in [-0.25, -0.2) is 0 Å². The van der Waals surface area contributed by atoms with Crippen molar-refractivity contribution in [1.29, 1.82) is 0 Å². The zero-order valence-corrected chi connectivity index (χ0v) is 18.4. The molecular weight excluding hydrogens is 471 g/mol. The summed E-state index contributed by atoms with van der Waals surface area (Å²) >= 11 is 12.2. The van der Waals surface area contributed by atoms with Gasteiger partial charge in [0, 0.05) is 18.3 Å². The summed E-state index contributed by atoms with van der Waals surface area (Å²) in [6.45, 7) is 0.473. The number of halogens is 2. The first-order valence-corrected chi connectivity index (χ1v) is 10.4. The van der Waals surface area contributed by atoms with Gasteiger partial charge in [0.25, 0.3) is 11.6 Å². The Morgan fingerprint density at radius 2 is 1.91 bits per heavy atom. The highest BCUT2D eigenvalue weighted by Gasteiger charge is 2.17. The summed E-state index contributed by atoms with van der Waals surface area (Å²) < 4.78 is 12.7. The predicted molar refractivity (Wildman–Crippen MR) is 122 cm³/mol. The number of rotatable bonds is 8. The van der Waals surface area contributed by atoms with Crippen LogP contribution in [0.3, 0.4) is 0 Å². The molecule has 4 rings (SSSR count). The van der Waals surface area contributed by atoms with Crippen LogP contribution in [0.15, 0.2) is 71.3 Å². The first kappa shape index (κ1) is 22.4. The molecule has 0 spiro atoms. The van der Waals surface area contributed by atoms with Crippen molar-refractivity contribution in [2.45, 2.75) is 13.2 Å². The third-order valence-corrected chi connectivity index (χ3v) is 5.09. The smallest absolute Gasteiger partial charge is 0.292 e. The molecule has 9 nitrogen and oxygen atoms in total. The van der Waals surface area contributed by atoms with Crippen LogP contribution in [0.25, 0.3) is 0 Å². The van der Waals surface area contributed by atoms with Crippen LogP contribution in [0.4, 0.5) is 11.5 Å². The molecule has 0 radical (unpaired) electrons. The average Bonchev–Trinajstić information content (AvgIpc) is 3.40. The van der Waals surface area contributed by atoms with Gasteiger partial charge >= 0.3 is 0 Å². The van der Waals surface area contributed by atoms with Crippen molar-refractivity contribution >= 4 is 40.6 Å². The van der Waals surface area contributed by atoms with Gasteiger partial charge in [0.1, 0.15) is 23.1 Å². The number of furan rings is 1. The Bertz CT molecular complexity index is 1300. The molecule has 0 unspecified atom stereocenters. The van der Waals surface area contributed by atoms with E-state index >= 15 is 0 Å². The number of hydrogen-bond acceptors (Lipinski definition) is 6. The van der Waals surface area contributed by atoms with Gasteiger partial charge in [-0.1, -0.05) is 53.5 Å². The topological polar surface area (TPSA) is 112 Å². The van der Waals surface area contributed by atoms with Gasteiger partial charge in [0.15, 0.2) is 11.6 Å². The van der Waals surface area contributed by atoms with Crippen LogP contribution in [0.2, 0.25) is 10.0 Å². The molecule has 0 fully saturated rings. The molecule has 2 heterocycles. The molecule has 0 atom stereocenters. The Labute approximate surface area is 197 Å². The van der Waals surface area contributed by atoms with Crippen LogP contribution in [-0.4, -0.2) is 20.6 Å². The Kier molecular flexibility index (Phi) is 6.62. The van der Waals surface area contributed by atoms with Crippen molar-refractivity contribution in [2.75, 3.05) is 5.32 Å². The van der Waals surface area contributed by atoms with Crippen molar-refractivity contribution in [3.8, 4) is 5.75 Å². The summed E-state index contributed by atoms with van der Waals surface area (Å²) in [6, 6.07) is 16.6. The lowest BCUT2D eigenvalue weighted by molar-refractivity contribution is -0.384. The summed E-state index contributed by atoms with van der Waals surface area (Å²) in [7, 11) is 0. The van der Waals surface area contributed by atoms with Crippen molar-refractivity contribution in [1.82, 2.24) is 9.78 Å². The minimum atomic E-state index is -0.552. The highest BCUT2D eigenvalue weighted by atomic mass is 35.5. The number of benzene rings is 2. The SMILES string of the molecule is O=C(Nc1nn(Cc2ccccc2)cc1Cl)c1ccc(COc2ccc([N+](=O)[O-])cc2Cl)o1. The van der Waals surface area contributed by atoms with E-state index in [4.69, 9.17) is 32.4 Å². The standard InChI is InChI=1S/C22H16Cl2N4O5/c23-17-10-15(28(30)31)6-8-19(17)32-13-16-7-9-20(33-16)22(29)25-21-18(24)12-27(26-21)11-14-4-2-1-3-5-14/h1-10,12H,11,13H2,(H,25,26,29). The zero-order chi connectivity index (χ0) is 23.4. The van der Waals surface area contributed by atoms with Crippen molar-refractivity contribution < 1.29 is 18.9 Å². The third-order valence-electron chi connectivity index (χ3n) is 4.52. The van der Waals surface area contributed by atoms with Crippen molar-refractivity contribution in [3.63, 3.8) is 0 Å². The molecule has 0 aliphatic rings. The number of amides is 1. The number of nitro benzene ring substituents is 1. The second-order valence-corrected chi connectivity index (χ2v) is 7.70. The van der Waals surface area contributed by atoms with Gasteiger partial charge in [-0.2, -0.15) is 5.10 Å². The molecule has 11 heteroatoms. The molecule has 0 saturated carbocycles. The fourth-order valence-electron chi connectivity index (χ4n) is 2.95. The fourth-order valence-corrected chi connectivity index (χ4v) is 3.38. The molecule has 0 bridgehead atoms. The molecule has 1 amide bonds. The van der Waals surface area contributed by atoms with E-state index in [-0.39, 0.29) is 34.6 Å². The minimum absolute atomic E-state index is 0.0305. The molecular formula is C22H16Cl2N4O5. The minimum Gasteiger partial charge on any atom is -0.484 e. The molecule has 0 saturated heterocycles. The van der Waals surface area contributed by atoms with E-state index in [1.165, 1.54) is 24.3 Å². The van der Waals surface area contributed by atoms with Crippen LogP contribution in [-0.2, 0) is 13.2 Å². The van der Waals surface area contributed by atoms with E-state index < -0.39 is 10.8 Å². The number of nitro groups is 1. The first-order chi connectivity index (χ1) is 15.9. The third kappa shape index (κ3) is 5.51. The summed E-state index contributed by atoms with van der Waals surface area (Å²) in [6.07, 6.45) is 1.62. The van der Waals surface area contributed by atoms with E-state index in [1.54, 1.807) is 16.9 Å². The highest BCUT2D eigenvalue weighted by molar-refractivity contribution is 6.33. The maximum absolute atomic E-state index is 12.5. The Balaban J connectivity index is 1.37. The maximum atomic E-state index is 12.5. The van der Waals surface area contributed by atoms with Crippen LogP contribution < -0.4 is 10.1 Å². The number of nitrogens with zero attached hydrogens (tertiary/aromatic N) is 3. The molecule has 2 aromatic heterocycles. The number of aromatic nitrogens is 2. The zero-order valence-electron chi connectivity index (χ0n) is 16.9. The van der Waals surface area contributed by atoms with Crippen LogP contribution in [0.1, 0.15) is 21.9 Å². The molecule has 168 valence electrons. The lowest BCUT2D eigenvalue weighted by atomic mass is 10.2. The number of anilines is 1. The molecule has 2 aromatic carbocycles. The maximum Gasteiger partial charge on any atom is 0.292 e. The van der Waals surface area contributed by atoms with Crippen molar-refractivity contribution in [3.05, 3.63) is 104 Å². The van der Waals surface area contributed by atoms with Crippen molar-refractivity contribution in [2.24, 2.45) is 0 Å². The molecule has 0 aliphatic carbocycles. The van der Waals surface area contributed by atoms with E-state index in [9.17, 15) is 14.9 Å².